The van der Waals surface area contributed by atoms with E-state index >= 15 is 0 Å². The van der Waals surface area contributed by atoms with E-state index in [0.717, 1.165) is 5.56 Å². The highest BCUT2D eigenvalue weighted by atomic mass is 32.2. The molecule has 7 heteroatoms. The highest BCUT2D eigenvalue weighted by Crippen LogP contribution is 2.24. The molecule has 1 amide bonds. The van der Waals surface area contributed by atoms with Crippen LogP contribution < -0.4 is 0 Å². The third-order valence-corrected chi connectivity index (χ3v) is 4.97. The molecule has 1 heterocycles. The summed E-state index contributed by atoms with van der Waals surface area (Å²) in [6.07, 6.45) is 0. The summed E-state index contributed by atoms with van der Waals surface area (Å²) in [5, 5.41) is 8.73. The van der Waals surface area contributed by atoms with Crippen LogP contribution in [0.2, 0.25) is 0 Å². The van der Waals surface area contributed by atoms with Gasteiger partial charge in [-0.1, -0.05) is 54.2 Å². The van der Waals surface area contributed by atoms with E-state index in [-0.39, 0.29) is 17.5 Å². The first-order valence-corrected chi connectivity index (χ1v) is 9.10. The number of carbonyl (C=O) groups excluding carboxylic acids is 1. The van der Waals surface area contributed by atoms with Crippen LogP contribution in [0.25, 0.3) is 11.4 Å². The van der Waals surface area contributed by atoms with Gasteiger partial charge in [0.1, 0.15) is 5.82 Å². The molecule has 0 saturated carbocycles. The van der Waals surface area contributed by atoms with Gasteiger partial charge in [-0.05, 0) is 17.7 Å². The summed E-state index contributed by atoms with van der Waals surface area (Å²) in [5.74, 6) is 0.329. The topological polar surface area (TPSA) is 51.0 Å². The average molecular weight is 370 g/mol. The van der Waals surface area contributed by atoms with Crippen molar-refractivity contribution in [2.75, 3.05) is 12.8 Å². The fraction of sp³-hybridized carbons (Fsp3) is 0.211. The van der Waals surface area contributed by atoms with Crippen LogP contribution in [0.1, 0.15) is 5.56 Å². The van der Waals surface area contributed by atoms with Crippen LogP contribution in [0.15, 0.2) is 59.8 Å². The summed E-state index contributed by atoms with van der Waals surface area (Å²) in [6, 6.07) is 16.3. The third kappa shape index (κ3) is 4.11. The fourth-order valence-corrected chi connectivity index (χ4v) is 3.35. The first-order chi connectivity index (χ1) is 12.6. The van der Waals surface area contributed by atoms with Gasteiger partial charge in [0.25, 0.3) is 0 Å². The molecular formula is C19H19FN4OS. The molecule has 26 heavy (non-hydrogen) atoms. The van der Waals surface area contributed by atoms with Crippen LogP contribution >= 0.6 is 11.8 Å². The molecular weight excluding hydrogens is 351 g/mol. The van der Waals surface area contributed by atoms with Crippen LogP contribution in [-0.2, 0) is 18.4 Å². The van der Waals surface area contributed by atoms with Crippen molar-refractivity contribution in [2.45, 2.75) is 11.7 Å². The summed E-state index contributed by atoms with van der Waals surface area (Å²) in [5.41, 5.74) is 1.47. The van der Waals surface area contributed by atoms with Crippen LogP contribution in [0, 0.1) is 5.82 Å². The van der Waals surface area contributed by atoms with Gasteiger partial charge in [-0.25, -0.2) is 4.39 Å². The molecule has 0 aliphatic heterocycles. The zero-order valence-corrected chi connectivity index (χ0v) is 15.4. The van der Waals surface area contributed by atoms with E-state index in [4.69, 9.17) is 0 Å². The van der Waals surface area contributed by atoms with Crippen molar-refractivity contribution >= 4 is 17.7 Å². The minimum atomic E-state index is -0.349. The van der Waals surface area contributed by atoms with Crippen LogP contribution in [0.5, 0.6) is 0 Å². The first kappa shape index (κ1) is 18.1. The number of rotatable bonds is 6. The quantitative estimate of drug-likeness (QED) is 0.624. The van der Waals surface area contributed by atoms with E-state index < -0.39 is 0 Å². The maximum atomic E-state index is 13.9. The molecule has 0 aliphatic rings. The van der Waals surface area contributed by atoms with E-state index in [1.807, 2.05) is 30.3 Å². The van der Waals surface area contributed by atoms with Crippen LogP contribution in [-0.4, -0.2) is 38.4 Å². The number of carbonyl (C=O) groups is 1. The Morgan fingerprint density at radius 3 is 2.54 bits per heavy atom. The lowest BCUT2D eigenvalue weighted by Crippen LogP contribution is -2.27. The number of hydrogen-bond acceptors (Lipinski definition) is 4. The summed E-state index contributed by atoms with van der Waals surface area (Å²) in [6.45, 7) is 0.555. The lowest BCUT2D eigenvalue weighted by Gasteiger charge is -2.16. The van der Waals surface area contributed by atoms with Gasteiger partial charge in [-0.2, -0.15) is 0 Å². The molecule has 134 valence electrons. The molecule has 5 nitrogen and oxygen atoms in total. The monoisotopic (exact) mass is 370 g/mol. The van der Waals surface area contributed by atoms with E-state index in [9.17, 15) is 9.18 Å². The molecule has 0 atom stereocenters. The highest BCUT2D eigenvalue weighted by Gasteiger charge is 2.16. The summed E-state index contributed by atoms with van der Waals surface area (Å²) in [4.78, 5) is 14.0. The largest absolute Gasteiger partial charge is 0.341 e. The van der Waals surface area contributed by atoms with Gasteiger partial charge in [-0.15, -0.1) is 10.2 Å². The third-order valence-electron chi connectivity index (χ3n) is 3.96. The molecule has 0 unspecified atom stereocenters. The zero-order valence-electron chi connectivity index (χ0n) is 14.6. The Labute approximate surface area is 155 Å². The van der Waals surface area contributed by atoms with Gasteiger partial charge in [0, 0.05) is 20.6 Å². The molecule has 3 aromatic rings. The summed E-state index contributed by atoms with van der Waals surface area (Å²) < 4.78 is 15.6. The van der Waals surface area contributed by atoms with E-state index in [1.54, 1.807) is 41.8 Å². The van der Waals surface area contributed by atoms with Crippen LogP contribution in [0.4, 0.5) is 4.39 Å². The number of benzene rings is 2. The highest BCUT2D eigenvalue weighted by molar-refractivity contribution is 7.99. The van der Waals surface area contributed by atoms with E-state index in [2.05, 4.69) is 10.2 Å². The number of aromatic nitrogens is 3. The Balaban J connectivity index is 1.63. The molecule has 0 saturated heterocycles. The van der Waals surface area contributed by atoms with Gasteiger partial charge in [-0.3, -0.25) is 4.79 Å². The van der Waals surface area contributed by atoms with Crippen molar-refractivity contribution in [3.63, 3.8) is 0 Å². The second-order valence-corrected chi connectivity index (χ2v) is 6.81. The Hall–Kier alpha value is -2.67. The number of thioether (sulfide) groups is 1. The molecule has 2 aromatic carbocycles. The maximum absolute atomic E-state index is 13.9. The number of halogens is 1. The summed E-state index contributed by atoms with van der Waals surface area (Å²) >= 11 is 1.29. The Morgan fingerprint density at radius 2 is 1.81 bits per heavy atom. The maximum Gasteiger partial charge on any atom is 0.233 e. The van der Waals surface area contributed by atoms with Crippen molar-refractivity contribution in [2.24, 2.45) is 7.05 Å². The number of amides is 1. The summed E-state index contributed by atoms with van der Waals surface area (Å²) in [7, 11) is 3.54. The van der Waals surface area contributed by atoms with Crippen molar-refractivity contribution in [3.8, 4) is 11.4 Å². The van der Waals surface area contributed by atoms with Gasteiger partial charge in [0.15, 0.2) is 11.0 Å². The van der Waals surface area contributed by atoms with Gasteiger partial charge in [0.05, 0.1) is 11.3 Å². The van der Waals surface area contributed by atoms with Crippen molar-refractivity contribution < 1.29 is 9.18 Å². The average Bonchev–Trinajstić information content (AvgIpc) is 3.01. The minimum absolute atomic E-state index is 0.00528. The zero-order chi connectivity index (χ0) is 18.5. The molecule has 0 fully saturated rings. The molecule has 0 aliphatic carbocycles. The molecule has 0 bridgehead atoms. The Morgan fingerprint density at radius 1 is 1.12 bits per heavy atom. The molecule has 0 N–H and O–H groups in total. The molecule has 0 radical (unpaired) electrons. The van der Waals surface area contributed by atoms with Crippen molar-refractivity contribution in [1.82, 2.24) is 19.7 Å². The van der Waals surface area contributed by atoms with Crippen LogP contribution in [0.3, 0.4) is 0 Å². The second kappa shape index (κ2) is 8.14. The molecule has 3 rings (SSSR count). The minimum Gasteiger partial charge on any atom is -0.341 e. The standard InChI is InChI=1S/C19H19FN4OS/c1-23(12-14-8-4-3-5-9-14)17(25)13-26-19-22-21-18(24(19)2)15-10-6-7-11-16(15)20/h3-11H,12-13H2,1-2H3. The van der Waals surface area contributed by atoms with Gasteiger partial charge < -0.3 is 9.47 Å². The van der Waals surface area contributed by atoms with Crippen molar-refractivity contribution in [3.05, 3.63) is 66.0 Å². The van der Waals surface area contributed by atoms with E-state index in [0.29, 0.717) is 23.1 Å². The van der Waals surface area contributed by atoms with E-state index in [1.165, 1.54) is 17.8 Å². The molecule has 1 aromatic heterocycles. The second-order valence-electron chi connectivity index (χ2n) is 5.87. The lowest BCUT2D eigenvalue weighted by atomic mass is 10.2. The molecule has 0 spiro atoms. The number of hydrogen-bond donors (Lipinski definition) is 0. The lowest BCUT2D eigenvalue weighted by molar-refractivity contribution is -0.127. The van der Waals surface area contributed by atoms with Gasteiger partial charge in [0.2, 0.25) is 5.91 Å². The Kier molecular flexibility index (Phi) is 5.68. The van der Waals surface area contributed by atoms with Gasteiger partial charge >= 0.3 is 0 Å². The predicted molar refractivity (Wildman–Crippen MR) is 100 cm³/mol. The number of nitrogens with zero attached hydrogens (tertiary/aromatic N) is 4. The first-order valence-electron chi connectivity index (χ1n) is 8.11. The smallest absolute Gasteiger partial charge is 0.233 e. The Bertz CT molecular complexity index is 898. The fourth-order valence-electron chi connectivity index (χ4n) is 2.50. The predicted octanol–water partition coefficient (Wildman–Crippen LogP) is 3.37. The normalized spacial score (nSPS) is 10.7. The van der Waals surface area contributed by atoms with Crippen molar-refractivity contribution in [1.29, 1.82) is 0 Å². The SMILES string of the molecule is CN(Cc1ccccc1)C(=O)CSc1nnc(-c2ccccc2F)n1C.